The zero-order valence-corrected chi connectivity index (χ0v) is 30.8. The van der Waals surface area contributed by atoms with Gasteiger partial charge >= 0.3 is 12.1 Å². The van der Waals surface area contributed by atoms with E-state index in [-0.39, 0.29) is 37.6 Å². The van der Waals surface area contributed by atoms with E-state index in [4.69, 9.17) is 33.5 Å². The maximum Gasteiger partial charge on any atom is 0.417 e. The third-order valence-electron chi connectivity index (χ3n) is 8.92. The number of aliphatic hydroxyl groups excluding tert-OH is 3. The molecule has 2 fully saturated rings. The fourth-order valence-electron chi connectivity index (χ4n) is 5.85. The molecule has 13 nitrogen and oxygen atoms in total. The Morgan fingerprint density at radius 1 is 0.745 bits per heavy atom. The van der Waals surface area contributed by atoms with Crippen LogP contribution in [0.3, 0.4) is 0 Å². The summed E-state index contributed by atoms with van der Waals surface area (Å²) in [7, 11) is 0. The number of amides is 2. The minimum Gasteiger partial charge on any atom is -0.463 e. The van der Waals surface area contributed by atoms with E-state index in [0.717, 1.165) is 16.0 Å². The van der Waals surface area contributed by atoms with Crippen molar-refractivity contribution >= 4 is 18.0 Å². The molecule has 2 saturated heterocycles. The molecule has 284 valence electrons. The van der Waals surface area contributed by atoms with E-state index >= 15 is 0 Å². The van der Waals surface area contributed by atoms with Gasteiger partial charge in [-0.3, -0.25) is 9.59 Å². The highest BCUT2D eigenvalue weighted by atomic mass is 16.7. The quantitative estimate of drug-likeness (QED) is 0.300. The molecule has 2 amide bonds. The van der Waals surface area contributed by atoms with Crippen LogP contribution >= 0.6 is 0 Å². The first-order valence-electron chi connectivity index (χ1n) is 17.3. The standard InChI is InChI=1S/C24H35NO7.C14H20O5/c1-15-16(2)21(25(17(3)26)23(28)32-24(5,6)7)22(31-20(15)14-29-18(4)27)30-13-19-11-9-8-10-12-19;1-9-12(16)13(17)11(7-15)19-14(9)18-8-10-5-3-2-4-6-10/h8-12,15-16,20-22H,13-14H2,1-7H3;2-6,9,11-17H,7-8H2,1H3/t15-,16?,20?,21-,22+;9-,11?,12?,13+,14+/m00/s1. The molecule has 0 radical (unpaired) electrons. The number of hydrogen-bond donors (Lipinski definition) is 3. The summed E-state index contributed by atoms with van der Waals surface area (Å²) in [5.41, 5.74) is 1.15. The third-order valence-corrected chi connectivity index (χ3v) is 8.92. The van der Waals surface area contributed by atoms with Gasteiger partial charge in [-0.2, -0.15) is 0 Å². The van der Waals surface area contributed by atoms with Crippen LogP contribution in [0.4, 0.5) is 4.79 Å². The molecule has 13 heteroatoms. The van der Waals surface area contributed by atoms with Crippen LogP contribution in [0.5, 0.6) is 0 Å². The Hall–Kier alpha value is -3.43. The van der Waals surface area contributed by atoms with Crippen LogP contribution in [-0.4, -0.2) is 100 Å². The number of ether oxygens (including phenoxy) is 6. The van der Waals surface area contributed by atoms with E-state index in [0.29, 0.717) is 6.61 Å². The summed E-state index contributed by atoms with van der Waals surface area (Å²) in [5.74, 6) is -1.56. The minimum absolute atomic E-state index is 0.0608. The first kappa shape index (κ1) is 42.0. The topological polar surface area (TPSA) is 171 Å². The number of nitrogens with zero attached hydrogens (tertiary/aromatic N) is 1. The molecule has 2 aliphatic rings. The average molecular weight is 718 g/mol. The summed E-state index contributed by atoms with van der Waals surface area (Å²) in [6.45, 7) is 13.8. The van der Waals surface area contributed by atoms with Crippen molar-refractivity contribution in [2.75, 3.05) is 13.2 Å². The van der Waals surface area contributed by atoms with Crippen molar-refractivity contribution in [3.63, 3.8) is 0 Å². The molecular weight excluding hydrogens is 662 g/mol. The van der Waals surface area contributed by atoms with Gasteiger partial charge in [0, 0.05) is 19.8 Å². The zero-order chi connectivity index (χ0) is 37.9. The second-order valence-corrected chi connectivity index (χ2v) is 14.1. The number of hydrogen-bond acceptors (Lipinski definition) is 12. The number of carbonyl (C=O) groups excluding carboxylic acids is 3. The predicted octanol–water partition coefficient (Wildman–Crippen LogP) is 4.19. The fourth-order valence-corrected chi connectivity index (χ4v) is 5.85. The van der Waals surface area contributed by atoms with Crippen LogP contribution in [0.15, 0.2) is 60.7 Å². The third kappa shape index (κ3) is 12.3. The summed E-state index contributed by atoms with van der Waals surface area (Å²) in [6.07, 6.45) is -5.62. The van der Waals surface area contributed by atoms with Gasteiger partial charge in [-0.1, -0.05) is 81.4 Å². The smallest absolute Gasteiger partial charge is 0.417 e. The van der Waals surface area contributed by atoms with Crippen molar-refractivity contribution in [3.8, 4) is 0 Å². The van der Waals surface area contributed by atoms with Gasteiger partial charge in [-0.05, 0) is 43.7 Å². The lowest BCUT2D eigenvalue weighted by molar-refractivity contribution is -0.285. The van der Waals surface area contributed by atoms with Crippen LogP contribution < -0.4 is 0 Å². The molecule has 4 unspecified atom stereocenters. The average Bonchev–Trinajstić information content (AvgIpc) is 3.08. The van der Waals surface area contributed by atoms with Gasteiger partial charge in [0.1, 0.15) is 24.4 Å². The molecule has 10 atom stereocenters. The van der Waals surface area contributed by atoms with Gasteiger partial charge in [-0.15, -0.1) is 0 Å². The van der Waals surface area contributed by atoms with Crippen LogP contribution in [0.25, 0.3) is 0 Å². The van der Waals surface area contributed by atoms with Crippen molar-refractivity contribution < 1.29 is 58.1 Å². The summed E-state index contributed by atoms with van der Waals surface area (Å²) in [5, 5.41) is 28.7. The van der Waals surface area contributed by atoms with Crippen molar-refractivity contribution in [2.24, 2.45) is 17.8 Å². The molecule has 3 N–H and O–H groups in total. The summed E-state index contributed by atoms with van der Waals surface area (Å²) >= 11 is 0. The van der Waals surface area contributed by atoms with Crippen molar-refractivity contribution in [1.29, 1.82) is 0 Å². The second kappa shape index (κ2) is 19.4. The lowest BCUT2D eigenvalue weighted by atomic mass is 9.81. The Morgan fingerprint density at radius 3 is 1.73 bits per heavy atom. The molecule has 2 aliphatic heterocycles. The molecule has 4 rings (SSSR count). The van der Waals surface area contributed by atoms with E-state index in [1.807, 2.05) is 74.5 Å². The molecular formula is C38H55NO12. The van der Waals surface area contributed by atoms with E-state index < -0.39 is 66.6 Å². The highest BCUT2D eigenvalue weighted by molar-refractivity contribution is 5.91. The number of rotatable bonds is 10. The molecule has 2 heterocycles. The maximum absolute atomic E-state index is 13.0. The summed E-state index contributed by atoms with van der Waals surface area (Å²) in [4.78, 5) is 38.0. The van der Waals surface area contributed by atoms with Crippen LogP contribution in [0, 0.1) is 17.8 Å². The Labute approximate surface area is 300 Å². The highest BCUT2D eigenvalue weighted by Gasteiger charge is 2.49. The Balaban J connectivity index is 0.000000313. The monoisotopic (exact) mass is 717 g/mol. The van der Waals surface area contributed by atoms with Crippen molar-refractivity contribution in [2.45, 2.75) is 117 Å². The Bertz CT molecular complexity index is 1370. The van der Waals surface area contributed by atoms with Gasteiger partial charge in [0.15, 0.2) is 12.6 Å². The molecule has 0 bridgehead atoms. The van der Waals surface area contributed by atoms with Gasteiger partial charge < -0.3 is 43.7 Å². The number of benzene rings is 2. The van der Waals surface area contributed by atoms with Gasteiger partial charge in [0.2, 0.25) is 5.91 Å². The van der Waals surface area contributed by atoms with Crippen molar-refractivity contribution in [1.82, 2.24) is 4.90 Å². The van der Waals surface area contributed by atoms with E-state index in [2.05, 4.69) is 0 Å². The fraction of sp³-hybridized carbons (Fsp3) is 0.605. The Morgan fingerprint density at radius 2 is 1.25 bits per heavy atom. The van der Waals surface area contributed by atoms with Gasteiger partial charge in [0.05, 0.1) is 38.1 Å². The highest BCUT2D eigenvalue weighted by Crippen LogP contribution is 2.36. The number of carbonyl (C=O) groups is 3. The molecule has 0 saturated carbocycles. The number of aliphatic hydroxyl groups is 3. The lowest BCUT2D eigenvalue weighted by Gasteiger charge is -2.47. The van der Waals surface area contributed by atoms with Crippen LogP contribution in [-0.2, 0) is 51.2 Å². The molecule has 0 aromatic heterocycles. The number of imide groups is 1. The lowest BCUT2D eigenvalue weighted by Crippen LogP contribution is -2.61. The van der Waals surface area contributed by atoms with Crippen molar-refractivity contribution in [3.05, 3.63) is 71.8 Å². The van der Waals surface area contributed by atoms with Crippen LogP contribution in [0.1, 0.15) is 66.5 Å². The molecule has 51 heavy (non-hydrogen) atoms. The minimum atomic E-state index is -1.09. The second-order valence-electron chi connectivity index (χ2n) is 14.1. The molecule has 0 aliphatic carbocycles. The predicted molar refractivity (Wildman–Crippen MR) is 186 cm³/mol. The molecule has 2 aromatic carbocycles. The van der Waals surface area contributed by atoms with E-state index in [9.17, 15) is 24.6 Å². The zero-order valence-electron chi connectivity index (χ0n) is 30.8. The van der Waals surface area contributed by atoms with Crippen LogP contribution in [0.2, 0.25) is 0 Å². The van der Waals surface area contributed by atoms with Gasteiger partial charge in [-0.25, -0.2) is 9.69 Å². The normalized spacial score (nSPS) is 29.2. The summed E-state index contributed by atoms with van der Waals surface area (Å²) < 4.78 is 34.0. The molecule has 2 aromatic rings. The SMILES string of the molecule is CC(=O)OCC1O[C@@H](OCc2ccccc2)[C@@H](N(C(C)=O)C(=O)OC(C)(C)C)C(C)[C@@H]1C.C[C@H]1C(O)[C@H](O)C(CO)O[C@H]1OCc1ccccc1. The van der Waals surface area contributed by atoms with E-state index in [1.54, 1.807) is 27.7 Å². The molecule has 0 spiro atoms. The summed E-state index contributed by atoms with van der Waals surface area (Å²) in [6, 6.07) is 18.4. The first-order valence-corrected chi connectivity index (χ1v) is 17.3. The van der Waals surface area contributed by atoms with E-state index in [1.165, 1.54) is 13.8 Å². The Kier molecular flexibility index (Phi) is 16.0. The first-order chi connectivity index (χ1) is 24.0. The number of esters is 1. The maximum atomic E-state index is 13.0. The van der Waals surface area contributed by atoms with Gasteiger partial charge in [0.25, 0.3) is 0 Å². The largest absolute Gasteiger partial charge is 0.463 e.